The minimum absolute atomic E-state index is 0.0168. The molecular formula is C20H35N4O2+. The second-order valence-corrected chi connectivity index (χ2v) is 7.78. The maximum absolute atomic E-state index is 12.1. The number of carbonyl (C=O) groups is 2. The molecule has 0 aliphatic heterocycles. The number of hydrogen-bond acceptors (Lipinski definition) is 3. The first kappa shape index (κ1) is 22.0. The minimum Gasteiger partial charge on any atom is -0.377 e. The van der Waals surface area contributed by atoms with Crippen molar-refractivity contribution in [2.24, 2.45) is 5.92 Å². The van der Waals surface area contributed by atoms with Crippen molar-refractivity contribution in [3.63, 3.8) is 0 Å². The number of hydrogen-bond donors (Lipinski definition) is 2. The van der Waals surface area contributed by atoms with Gasteiger partial charge in [0, 0.05) is 45.4 Å². The largest absolute Gasteiger partial charge is 0.377 e. The summed E-state index contributed by atoms with van der Waals surface area (Å²) in [5.74, 6) is 0.394. The van der Waals surface area contributed by atoms with Crippen LogP contribution in [0, 0.1) is 5.92 Å². The van der Waals surface area contributed by atoms with Gasteiger partial charge in [-0.05, 0) is 29.7 Å². The van der Waals surface area contributed by atoms with Crippen LogP contribution in [0.25, 0.3) is 0 Å². The van der Waals surface area contributed by atoms with Gasteiger partial charge in [-0.25, -0.2) is 0 Å². The van der Waals surface area contributed by atoms with Crippen molar-refractivity contribution in [1.82, 2.24) is 4.90 Å². The predicted octanol–water partition coefficient (Wildman–Crippen LogP) is 1.23. The molecule has 0 atom stereocenters. The number of anilines is 2. The highest BCUT2D eigenvalue weighted by molar-refractivity contribution is 5.91. The third-order valence-corrected chi connectivity index (χ3v) is 4.13. The molecule has 146 valence electrons. The summed E-state index contributed by atoms with van der Waals surface area (Å²) in [7, 11) is 8.12. The molecule has 1 aromatic carbocycles. The Morgan fingerprint density at radius 1 is 1.19 bits per heavy atom. The van der Waals surface area contributed by atoms with Crippen LogP contribution in [-0.2, 0) is 16.1 Å². The lowest BCUT2D eigenvalue weighted by atomic mass is 10.1. The summed E-state index contributed by atoms with van der Waals surface area (Å²) in [6.07, 6.45) is 0.496. The van der Waals surface area contributed by atoms with Crippen molar-refractivity contribution in [1.29, 1.82) is 0 Å². The van der Waals surface area contributed by atoms with Crippen LogP contribution in [-0.4, -0.2) is 58.0 Å². The Hall–Kier alpha value is -2.08. The number of amides is 2. The number of benzene rings is 1. The van der Waals surface area contributed by atoms with Crippen LogP contribution in [0.1, 0.15) is 32.8 Å². The zero-order valence-electron chi connectivity index (χ0n) is 17.3. The summed E-state index contributed by atoms with van der Waals surface area (Å²) < 4.78 is 0. The van der Waals surface area contributed by atoms with E-state index in [4.69, 9.17) is 0 Å². The van der Waals surface area contributed by atoms with Gasteiger partial charge >= 0.3 is 0 Å². The molecular weight excluding hydrogens is 328 g/mol. The Bertz CT molecular complexity index is 612. The number of nitrogens with one attached hydrogen (secondary N) is 2. The Labute approximate surface area is 158 Å². The molecule has 0 spiro atoms. The van der Waals surface area contributed by atoms with Crippen LogP contribution in [0.2, 0.25) is 0 Å². The highest BCUT2D eigenvalue weighted by atomic mass is 16.2. The zero-order chi connectivity index (χ0) is 19.9. The number of rotatable bonds is 9. The normalized spacial score (nSPS) is 11.0. The van der Waals surface area contributed by atoms with Gasteiger partial charge in [0.1, 0.15) is 0 Å². The van der Waals surface area contributed by atoms with E-state index in [9.17, 15) is 9.59 Å². The van der Waals surface area contributed by atoms with Gasteiger partial charge in [0.2, 0.25) is 11.8 Å². The second kappa shape index (κ2) is 10.2. The molecule has 6 nitrogen and oxygen atoms in total. The molecule has 2 amide bonds. The summed E-state index contributed by atoms with van der Waals surface area (Å²) in [6, 6.07) is 5.89. The molecule has 0 unspecified atom stereocenters. The van der Waals surface area contributed by atoms with Gasteiger partial charge in [-0.1, -0.05) is 13.8 Å². The van der Waals surface area contributed by atoms with Gasteiger partial charge in [-0.3, -0.25) is 9.59 Å². The monoisotopic (exact) mass is 363 g/mol. The molecule has 0 bridgehead atoms. The SMILES string of the molecule is CC(=O)N(CC[NH+](C)C)Cc1cc(NC(=O)CC(C)C)ccc1N(C)C. The Morgan fingerprint density at radius 3 is 2.35 bits per heavy atom. The fourth-order valence-corrected chi connectivity index (χ4v) is 2.72. The van der Waals surface area contributed by atoms with Crippen LogP contribution in [0.15, 0.2) is 18.2 Å². The molecule has 0 saturated carbocycles. The molecule has 0 saturated heterocycles. The Balaban J connectivity index is 3.02. The number of carbonyl (C=O) groups excluding carboxylic acids is 2. The fourth-order valence-electron chi connectivity index (χ4n) is 2.72. The lowest BCUT2D eigenvalue weighted by molar-refractivity contribution is -0.857. The van der Waals surface area contributed by atoms with Gasteiger partial charge in [0.15, 0.2) is 0 Å². The van der Waals surface area contributed by atoms with Gasteiger partial charge in [0.05, 0.1) is 27.2 Å². The molecule has 6 heteroatoms. The van der Waals surface area contributed by atoms with Gasteiger partial charge in [0.25, 0.3) is 0 Å². The van der Waals surface area contributed by atoms with Crippen molar-refractivity contribution >= 4 is 23.2 Å². The first-order valence-electron chi connectivity index (χ1n) is 9.24. The average molecular weight is 364 g/mol. The van der Waals surface area contributed by atoms with E-state index in [1.165, 1.54) is 4.90 Å². The smallest absolute Gasteiger partial charge is 0.224 e. The highest BCUT2D eigenvalue weighted by Gasteiger charge is 2.15. The standard InChI is InChI=1S/C20H34N4O2/c1-15(2)12-20(26)21-18-8-9-19(23(6)7)17(13-18)14-24(16(3)25)11-10-22(4)5/h8-9,13,15H,10-12,14H2,1-7H3,(H,21,26)/p+1. The molecule has 2 N–H and O–H groups in total. The predicted molar refractivity (Wildman–Crippen MR) is 108 cm³/mol. The first-order valence-corrected chi connectivity index (χ1v) is 9.24. The van der Waals surface area contributed by atoms with Crippen LogP contribution in [0.5, 0.6) is 0 Å². The van der Waals surface area contributed by atoms with E-state index in [2.05, 4.69) is 19.4 Å². The lowest BCUT2D eigenvalue weighted by Gasteiger charge is -2.25. The summed E-state index contributed by atoms with van der Waals surface area (Å²) in [6.45, 7) is 7.78. The van der Waals surface area contributed by atoms with Crippen LogP contribution in [0.4, 0.5) is 11.4 Å². The van der Waals surface area contributed by atoms with Crippen molar-refractivity contribution in [3.05, 3.63) is 23.8 Å². The topological polar surface area (TPSA) is 57.1 Å². The van der Waals surface area contributed by atoms with Crippen LogP contribution in [0.3, 0.4) is 0 Å². The van der Waals surface area contributed by atoms with E-state index in [0.29, 0.717) is 25.4 Å². The van der Waals surface area contributed by atoms with Crippen LogP contribution < -0.4 is 15.1 Å². The Morgan fingerprint density at radius 2 is 1.85 bits per heavy atom. The molecule has 26 heavy (non-hydrogen) atoms. The van der Waals surface area contributed by atoms with Crippen molar-refractivity contribution in [2.45, 2.75) is 33.7 Å². The van der Waals surface area contributed by atoms with Crippen LogP contribution >= 0.6 is 0 Å². The summed E-state index contributed by atoms with van der Waals surface area (Å²) in [5, 5.41) is 2.97. The number of nitrogens with zero attached hydrogens (tertiary/aromatic N) is 2. The zero-order valence-corrected chi connectivity index (χ0v) is 17.3. The van der Waals surface area contributed by atoms with E-state index >= 15 is 0 Å². The fraction of sp³-hybridized carbons (Fsp3) is 0.600. The Kier molecular flexibility index (Phi) is 8.58. The number of likely N-dealkylation sites (N-methyl/N-ethyl adjacent to an activating group) is 1. The van der Waals surface area contributed by atoms with E-state index < -0.39 is 0 Å². The van der Waals surface area contributed by atoms with Gasteiger partial charge in [-0.15, -0.1) is 0 Å². The molecule has 1 aromatic rings. The molecule has 0 fully saturated rings. The van der Waals surface area contributed by atoms with Gasteiger partial charge in [-0.2, -0.15) is 0 Å². The maximum Gasteiger partial charge on any atom is 0.224 e. The van der Waals surface area contributed by atoms with E-state index in [1.807, 2.05) is 55.9 Å². The van der Waals surface area contributed by atoms with Crippen molar-refractivity contribution in [3.8, 4) is 0 Å². The third-order valence-electron chi connectivity index (χ3n) is 4.13. The van der Waals surface area contributed by atoms with E-state index in [0.717, 1.165) is 23.5 Å². The highest BCUT2D eigenvalue weighted by Crippen LogP contribution is 2.25. The molecule has 1 rings (SSSR count). The first-order chi connectivity index (χ1) is 12.1. The van der Waals surface area contributed by atoms with Crippen molar-refractivity contribution in [2.75, 3.05) is 51.5 Å². The second-order valence-electron chi connectivity index (χ2n) is 7.78. The molecule has 0 heterocycles. The summed E-state index contributed by atoms with van der Waals surface area (Å²) in [5.41, 5.74) is 2.86. The molecule has 0 radical (unpaired) electrons. The third kappa shape index (κ3) is 7.44. The quantitative estimate of drug-likeness (QED) is 0.694. The maximum atomic E-state index is 12.1. The molecule has 0 aromatic heterocycles. The number of quaternary nitrogens is 1. The lowest BCUT2D eigenvalue weighted by Crippen LogP contribution is -3.06. The van der Waals surface area contributed by atoms with E-state index in [1.54, 1.807) is 6.92 Å². The summed E-state index contributed by atoms with van der Waals surface area (Å²) >= 11 is 0. The van der Waals surface area contributed by atoms with Crippen molar-refractivity contribution < 1.29 is 14.5 Å². The van der Waals surface area contributed by atoms with Gasteiger partial charge < -0.3 is 20.0 Å². The average Bonchev–Trinajstić information content (AvgIpc) is 2.49. The summed E-state index contributed by atoms with van der Waals surface area (Å²) in [4.78, 5) is 29.3. The minimum atomic E-state index is 0.0168. The van der Waals surface area contributed by atoms with E-state index in [-0.39, 0.29) is 11.8 Å². The molecule has 0 aliphatic rings. The molecule has 0 aliphatic carbocycles.